The zero-order valence-corrected chi connectivity index (χ0v) is 15.7. The van der Waals surface area contributed by atoms with Gasteiger partial charge < -0.3 is 15.3 Å². The number of carboxylic acid groups (broad SMARTS) is 1. The predicted molar refractivity (Wildman–Crippen MR) is 96.6 cm³/mol. The van der Waals surface area contributed by atoms with Crippen molar-refractivity contribution in [3.05, 3.63) is 34.9 Å². The summed E-state index contributed by atoms with van der Waals surface area (Å²) in [6.45, 7) is 5.42. The van der Waals surface area contributed by atoms with Crippen LogP contribution in [0, 0.1) is 11.8 Å². The maximum Gasteiger partial charge on any atom is 0.308 e. The molecule has 0 fully saturated rings. The van der Waals surface area contributed by atoms with Gasteiger partial charge in [-0.1, -0.05) is 38.8 Å². The molecule has 25 heavy (non-hydrogen) atoms. The van der Waals surface area contributed by atoms with Crippen LogP contribution in [0.25, 0.3) is 0 Å². The molecule has 138 valence electrons. The van der Waals surface area contributed by atoms with Crippen LogP contribution in [0.4, 0.5) is 0 Å². The molecule has 0 saturated carbocycles. The minimum Gasteiger partial charge on any atom is -0.481 e. The summed E-state index contributed by atoms with van der Waals surface area (Å²) in [5, 5.41) is 12.3. The van der Waals surface area contributed by atoms with E-state index in [1.807, 2.05) is 13.8 Å². The van der Waals surface area contributed by atoms with E-state index >= 15 is 0 Å². The molecule has 0 aliphatic rings. The van der Waals surface area contributed by atoms with Crippen LogP contribution < -0.4 is 5.32 Å². The van der Waals surface area contributed by atoms with Crippen LogP contribution in [0.2, 0.25) is 5.02 Å². The fraction of sp³-hybridized carbons (Fsp3) is 0.500. The summed E-state index contributed by atoms with van der Waals surface area (Å²) in [6, 6.07) is 5.67. The van der Waals surface area contributed by atoms with Crippen molar-refractivity contribution in [2.45, 2.75) is 33.2 Å². The summed E-state index contributed by atoms with van der Waals surface area (Å²) >= 11 is 5.82. The van der Waals surface area contributed by atoms with Gasteiger partial charge in [0, 0.05) is 24.2 Å². The Morgan fingerprint density at radius 2 is 1.76 bits per heavy atom. The number of nitrogens with zero attached hydrogens (tertiary/aromatic N) is 1. The molecule has 6 nitrogen and oxygen atoms in total. The maximum atomic E-state index is 12.7. The second kappa shape index (κ2) is 9.42. The van der Waals surface area contributed by atoms with E-state index < -0.39 is 17.9 Å². The van der Waals surface area contributed by atoms with Crippen LogP contribution in [-0.4, -0.2) is 47.4 Å². The number of aliphatic carboxylic acids is 1. The van der Waals surface area contributed by atoms with E-state index in [1.54, 1.807) is 31.3 Å². The quantitative estimate of drug-likeness (QED) is 0.738. The van der Waals surface area contributed by atoms with Crippen LogP contribution in [0.5, 0.6) is 0 Å². The monoisotopic (exact) mass is 368 g/mol. The summed E-state index contributed by atoms with van der Waals surface area (Å²) < 4.78 is 0. The third-order valence-corrected chi connectivity index (χ3v) is 4.47. The number of carbonyl (C=O) groups excluding carboxylic acids is 2. The number of amides is 2. The van der Waals surface area contributed by atoms with Crippen LogP contribution in [0.15, 0.2) is 24.3 Å². The number of nitrogens with one attached hydrogen (secondary N) is 1. The first kappa shape index (κ1) is 21.0. The second-order valence-corrected chi connectivity index (χ2v) is 6.74. The van der Waals surface area contributed by atoms with Gasteiger partial charge in [0.25, 0.3) is 5.91 Å². The van der Waals surface area contributed by atoms with Crippen molar-refractivity contribution in [2.75, 3.05) is 13.6 Å². The maximum absolute atomic E-state index is 12.7. The number of hydrogen-bond donors (Lipinski definition) is 2. The Bertz CT molecular complexity index is 618. The van der Waals surface area contributed by atoms with E-state index in [-0.39, 0.29) is 24.3 Å². The molecule has 1 aromatic rings. The first-order valence-electron chi connectivity index (χ1n) is 8.21. The van der Waals surface area contributed by atoms with Gasteiger partial charge in [-0.05, 0) is 30.2 Å². The largest absolute Gasteiger partial charge is 0.481 e. The van der Waals surface area contributed by atoms with Crippen molar-refractivity contribution in [2.24, 2.45) is 11.8 Å². The van der Waals surface area contributed by atoms with Crippen LogP contribution in [0.1, 0.15) is 37.6 Å². The van der Waals surface area contributed by atoms with E-state index in [1.165, 1.54) is 11.8 Å². The van der Waals surface area contributed by atoms with Crippen LogP contribution in [0.3, 0.4) is 0 Å². The van der Waals surface area contributed by atoms with Gasteiger partial charge in [0.2, 0.25) is 5.91 Å². The van der Waals surface area contributed by atoms with Gasteiger partial charge in [-0.2, -0.15) is 0 Å². The fourth-order valence-electron chi connectivity index (χ4n) is 2.33. The standard InChI is InChI=1S/C18H25ClN2O4/c1-5-11(2)15(17(23)21(4)10-12(3)18(24)25)20-16(22)13-6-8-14(19)9-7-13/h6-9,11-12,15H,5,10H2,1-4H3,(H,20,22)(H,24,25). The molecule has 0 spiro atoms. The molecule has 3 atom stereocenters. The first-order valence-corrected chi connectivity index (χ1v) is 8.59. The Labute approximate surface area is 153 Å². The second-order valence-electron chi connectivity index (χ2n) is 6.30. The lowest BCUT2D eigenvalue weighted by molar-refractivity contribution is -0.143. The zero-order chi connectivity index (χ0) is 19.1. The summed E-state index contributed by atoms with van der Waals surface area (Å²) in [4.78, 5) is 37.5. The number of carbonyl (C=O) groups is 3. The minimum absolute atomic E-state index is 0.0813. The lowest BCUT2D eigenvalue weighted by atomic mass is 9.97. The average molecular weight is 369 g/mol. The van der Waals surface area contributed by atoms with Crippen molar-refractivity contribution >= 4 is 29.4 Å². The van der Waals surface area contributed by atoms with Crippen molar-refractivity contribution in [3.8, 4) is 0 Å². The third kappa shape index (κ3) is 6.05. The van der Waals surface area contributed by atoms with Crippen molar-refractivity contribution < 1.29 is 19.5 Å². The van der Waals surface area contributed by atoms with E-state index in [4.69, 9.17) is 16.7 Å². The number of hydrogen-bond acceptors (Lipinski definition) is 3. The Morgan fingerprint density at radius 3 is 2.24 bits per heavy atom. The Balaban J connectivity index is 2.89. The van der Waals surface area contributed by atoms with Gasteiger partial charge in [0.15, 0.2) is 0 Å². The van der Waals surface area contributed by atoms with E-state index in [0.29, 0.717) is 17.0 Å². The predicted octanol–water partition coefficient (Wildman–Crippen LogP) is 2.66. The topological polar surface area (TPSA) is 86.7 Å². The third-order valence-electron chi connectivity index (χ3n) is 4.22. The zero-order valence-electron chi connectivity index (χ0n) is 15.0. The molecule has 0 radical (unpaired) electrons. The molecule has 0 aliphatic carbocycles. The Morgan fingerprint density at radius 1 is 1.20 bits per heavy atom. The normalized spacial score (nSPS) is 14.3. The van der Waals surface area contributed by atoms with Gasteiger partial charge in [-0.25, -0.2) is 0 Å². The highest BCUT2D eigenvalue weighted by Gasteiger charge is 2.30. The van der Waals surface area contributed by atoms with Gasteiger partial charge in [0.05, 0.1) is 5.92 Å². The number of likely N-dealkylation sites (N-methyl/N-ethyl adjacent to an activating group) is 1. The van der Waals surface area contributed by atoms with E-state index in [9.17, 15) is 14.4 Å². The fourth-order valence-corrected chi connectivity index (χ4v) is 2.45. The average Bonchev–Trinajstić information content (AvgIpc) is 2.58. The van der Waals surface area contributed by atoms with Crippen molar-refractivity contribution in [1.29, 1.82) is 0 Å². The van der Waals surface area contributed by atoms with Gasteiger partial charge >= 0.3 is 5.97 Å². The SMILES string of the molecule is CCC(C)C(NC(=O)c1ccc(Cl)cc1)C(=O)N(C)CC(C)C(=O)O. The first-order chi connectivity index (χ1) is 11.7. The van der Waals surface area contributed by atoms with Crippen LogP contribution in [-0.2, 0) is 9.59 Å². The molecule has 1 rings (SSSR count). The number of benzene rings is 1. The van der Waals surface area contributed by atoms with E-state index in [0.717, 1.165) is 0 Å². The van der Waals surface area contributed by atoms with Gasteiger partial charge in [0.1, 0.15) is 6.04 Å². The summed E-state index contributed by atoms with van der Waals surface area (Å²) in [5.74, 6) is -2.41. The number of halogens is 1. The molecule has 7 heteroatoms. The summed E-state index contributed by atoms with van der Waals surface area (Å²) in [5.41, 5.74) is 0.409. The van der Waals surface area contributed by atoms with Crippen molar-refractivity contribution in [3.63, 3.8) is 0 Å². The highest BCUT2D eigenvalue weighted by atomic mass is 35.5. The molecule has 0 bridgehead atoms. The smallest absolute Gasteiger partial charge is 0.308 e. The molecule has 0 saturated heterocycles. The van der Waals surface area contributed by atoms with E-state index in [2.05, 4.69) is 5.32 Å². The molecular weight excluding hydrogens is 344 g/mol. The molecule has 1 aromatic carbocycles. The molecule has 0 aliphatic heterocycles. The van der Waals surface area contributed by atoms with Crippen LogP contribution >= 0.6 is 11.6 Å². The highest BCUT2D eigenvalue weighted by Crippen LogP contribution is 2.14. The molecular formula is C18H25ClN2O4. The lowest BCUT2D eigenvalue weighted by Crippen LogP contribution is -2.51. The van der Waals surface area contributed by atoms with Gasteiger partial charge in [-0.15, -0.1) is 0 Å². The lowest BCUT2D eigenvalue weighted by Gasteiger charge is -2.29. The van der Waals surface area contributed by atoms with Gasteiger partial charge in [-0.3, -0.25) is 14.4 Å². The molecule has 0 aromatic heterocycles. The molecule has 2 N–H and O–H groups in total. The highest BCUT2D eigenvalue weighted by molar-refractivity contribution is 6.30. The summed E-state index contributed by atoms with van der Waals surface area (Å²) in [6.07, 6.45) is 0.694. The molecule has 0 heterocycles. The number of carboxylic acids is 1. The van der Waals surface area contributed by atoms with Crippen molar-refractivity contribution in [1.82, 2.24) is 10.2 Å². The number of rotatable bonds is 8. The summed E-state index contributed by atoms with van der Waals surface area (Å²) in [7, 11) is 1.55. The molecule has 3 unspecified atom stereocenters. The molecule has 2 amide bonds. The Kier molecular flexibility index (Phi) is 7.90. The minimum atomic E-state index is -0.968. The Hall–Kier alpha value is -2.08.